The van der Waals surface area contributed by atoms with E-state index in [1.54, 1.807) is 67.3 Å². The molecule has 0 amide bonds. The smallest absolute Gasteiger partial charge is 0.872 e. The molecule has 12 aromatic rings. The summed E-state index contributed by atoms with van der Waals surface area (Å²) in [4.78, 5) is 14.8. The van der Waals surface area contributed by atoms with Gasteiger partial charge in [-0.15, -0.1) is 0 Å². The van der Waals surface area contributed by atoms with Crippen LogP contribution in [0.25, 0.3) is 86.7 Å². The molecule has 0 bridgehead atoms. The first-order valence-electron chi connectivity index (χ1n) is 22.7. The van der Waals surface area contributed by atoms with Crippen molar-refractivity contribution >= 4 is 107 Å². The summed E-state index contributed by atoms with van der Waals surface area (Å²) in [5, 5.41) is 53.2. The summed E-state index contributed by atoms with van der Waals surface area (Å²) in [6, 6.07) is 37.7. The zero-order chi connectivity index (χ0) is 48.0. The quantitative estimate of drug-likeness (QED) is 0.115. The Bertz CT molecular complexity index is 3490. The first-order valence-corrected chi connectivity index (χ1v) is 20.7. The number of pyridine rings is 4. The Morgan fingerprint density at radius 3 is 1.56 bits per heavy atom. The number of benzene rings is 8. The number of aromatic amines is 2. The number of hydrogen-bond acceptors (Lipinski definition) is 6. The second-order valence-electron chi connectivity index (χ2n) is 15.5. The fourth-order valence-corrected chi connectivity index (χ4v) is 8.38. The third-order valence-electron chi connectivity index (χ3n) is 11.3. The van der Waals surface area contributed by atoms with E-state index in [0.29, 0.717) is 51.2 Å². The molecule has 0 saturated heterocycles. The molecule has 0 aliphatic heterocycles. The Hall–Kier alpha value is -6.78. The zero-order valence-corrected chi connectivity index (χ0v) is 44.2. The summed E-state index contributed by atoms with van der Waals surface area (Å²) in [7, 11) is 0. The number of rotatable bonds is 0. The topological polar surface area (TPSA) is 141 Å². The Morgan fingerprint density at radius 2 is 0.853 bits per heavy atom. The number of phenolic OH excluding ortho intramolecular Hbond substituents is 2. The Morgan fingerprint density at radius 1 is 0.426 bits per heavy atom. The minimum absolute atomic E-state index is 0. The molecular weight excluding hydrogens is 941 g/mol. The molecule has 4 aromatic heterocycles. The minimum Gasteiger partial charge on any atom is -0.872 e. The van der Waals surface area contributed by atoms with Gasteiger partial charge in [-0.3, -0.25) is 9.97 Å². The minimum atomic E-state index is -0.0385. The van der Waals surface area contributed by atoms with Crippen LogP contribution in [0.2, 0.25) is 0 Å². The summed E-state index contributed by atoms with van der Waals surface area (Å²) >= 11 is 0. The maximum atomic E-state index is 12.0. The first kappa shape index (κ1) is 46.3. The third kappa shape index (κ3) is 10.1. The largest absolute Gasteiger partial charge is 2.00 e. The van der Waals surface area contributed by atoms with Gasteiger partial charge in [0, 0.05) is 101 Å². The van der Waals surface area contributed by atoms with E-state index in [9.17, 15) is 20.4 Å². The fraction of sp³-hybridized carbons (Fsp3) is 0.0714. The van der Waals surface area contributed by atoms with E-state index < -0.39 is 0 Å². The molecule has 4 heterocycles. The number of nitrogens with zero attached hydrogens (tertiary/aromatic N) is 2. The van der Waals surface area contributed by atoms with E-state index in [2.05, 4.69) is 19.9 Å². The molecule has 0 atom stereocenters. The Kier molecular flexibility index (Phi) is 15.2. The van der Waals surface area contributed by atoms with Crippen molar-refractivity contribution in [1.29, 1.82) is 0 Å². The molecule has 12 heteroatoms. The van der Waals surface area contributed by atoms with Crippen LogP contribution in [0.15, 0.2) is 170 Å². The maximum Gasteiger partial charge on any atom is 2.00 e. The average molecular weight is 990 g/mol. The normalized spacial score (nSPS) is 11.2. The maximum absolute atomic E-state index is 12.0. The van der Waals surface area contributed by atoms with E-state index in [-0.39, 0.29) is 82.2 Å². The van der Waals surface area contributed by atoms with Gasteiger partial charge in [-0.05, 0) is 120 Å². The summed E-state index contributed by atoms with van der Waals surface area (Å²) < 4.78 is 32.5. The number of hydrogen-bond donors (Lipinski definition) is 2. The molecule has 0 aliphatic carbocycles. The number of nitrogens with one attached hydrogen (secondary N) is 2. The van der Waals surface area contributed by atoms with Crippen LogP contribution in [0.1, 0.15) is 27.7 Å². The predicted octanol–water partition coefficient (Wildman–Crippen LogP) is 10.4. The molecule has 0 aliphatic rings. The van der Waals surface area contributed by atoms with Crippen molar-refractivity contribution in [2.24, 2.45) is 0 Å². The van der Waals surface area contributed by atoms with Crippen LogP contribution in [-0.4, -0.2) is 40.4 Å². The number of aromatic hydroxyl groups is 2. The number of aryl methyl sites for hydroxylation is 4. The van der Waals surface area contributed by atoms with Crippen molar-refractivity contribution in [1.82, 2.24) is 9.97 Å². The summed E-state index contributed by atoms with van der Waals surface area (Å²) in [5.41, 5.74) is 6.54. The fourth-order valence-electron chi connectivity index (χ4n) is 8.38. The van der Waals surface area contributed by atoms with Gasteiger partial charge in [0.05, 0.1) is 21.9 Å². The van der Waals surface area contributed by atoms with E-state index in [0.717, 1.165) is 81.9 Å². The zero-order valence-electron chi connectivity index (χ0n) is 42.3. The Balaban J connectivity index is 0.000000175. The van der Waals surface area contributed by atoms with Crippen molar-refractivity contribution in [2.75, 3.05) is 0 Å². The molecule has 0 unspecified atom stereocenters. The van der Waals surface area contributed by atoms with Crippen LogP contribution in [0.3, 0.4) is 0 Å². The van der Waals surface area contributed by atoms with Crippen LogP contribution in [0.5, 0.6) is 23.0 Å². The van der Waals surface area contributed by atoms with Crippen LogP contribution in [0.4, 0.5) is 0 Å². The van der Waals surface area contributed by atoms with Crippen molar-refractivity contribution in [3.63, 3.8) is 0 Å². The molecule has 316 valence electrons. The van der Waals surface area contributed by atoms with Crippen molar-refractivity contribution in [2.45, 2.75) is 27.7 Å². The van der Waals surface area contributed by atoms with Gasteiger partial charge in [0.15, 0.2) is 12.4 Å². The molecule has 68 heavy (non-hydrogen) atoms. The molecule has 0 saturated carbocycles. The number of phenols is 2. The molecule has 12 rings (SSSR count). The van der Waals surface area contributed by atoms with E-state index >= 15 is 0 Å². The van der Waals surface area contributed by atoms with E-state index in [1.807, 2.05) is 100 Å². The summed E-state index contributed by atoms with van der Waals surface area (Å²) in [6.07, 6.45) is 6.97. The SMILES string of the molecule is [2H]c1c(C)c2ccc[nH+]c2c2c([O-])cccc12.[2H]c1c(C)c2cccc(O)c2c2ncccc12.[2H]c1c(C)c2cccc([O-])c2c2[nH+]cccc12.[2H]c1c(C)c2cccnc2c2c(O)cccc12.[Be+2].[Be+2].[Zn].[Zn]. The predicted molar refractivity (Wildman–Crippen MR) is 267 cm³/mol. The molecule has 8 aromatic carbocycles. The van der Waals surface area contributed by atoms with Gasteiger partial charge in [-0.25, -0.2) is 9.97 Å². The summed E-state index contributed by atoms with van der Waals surface area (Å²) in [6.45, 7) is 7.61. The van der Waals surface area contributed by atoms with Crippen LogP contribution in [-0.2, 0) is 39.0 Å². The van der Waals surface area contributed by atoms with Gasteiger partial charge in [0.25, 0.3) is 0 Å². The van der Waals surface area contributed by atoms with Crippen LogP contribution >= 0.6 is 0 Å². The van der Waals surface area contributed by atoms with Gasteiger partial charge >= 0.3 is 20.2 Å². The standard InChI is InChI=1S/4C14H11NO.2Be.2Zn/c2*1-9-8-10-4-3-7-15-14(10)13-11(9)5-2-6-12(13)16;2*1-9-8-10-4-2-6-12(16)13(10)14-11(9)5-3-7-15-14;;;;/h4*2-8,16H,1H3;;;;/q;;;;2*+2;;/i4*8D;;;;. The average Bonchev–Trinajstić information content (AvgIpc) is 3.36. The first-order chi connectivity index (χ1) is 32.8. The van der Waals surface area contributed by atoms with Crippen LogP contribution in [0, 0.1) is 27.7 Å². The Labute approximate surface area is 432 Å². The number of fused-ring (bicyclic) bond motifs is 12. The van der Waals surface area contributed by atoms with E-state index in [1.165, 1.54) is 6.07 Å². The van der Waals surface area contributed by atoms with Gasteiger partial charge < -0.3 is 20.4 Å². The van der Waals surface area contributed by atoms with Gasteiger partial charge in [-0.2, -0.15) is 0 Å². The van der Waals surface area contributed by atoms with Gasteiger partial charge in [-0.1, -0.05) is 96.4 Å². The molecule has 0 spiro atoms. The molecular formula is C56H44Be2N4O4Zn2+4. The molecule has 8 nitrogen and oxygen atoms in total. The van der Waals surface area contributed by atoms with Crippen molar-refractivity contribution < 1.29 is 74.8 Å². The third-order valence-corrected chi connectivity index (χ3v) is 11.3. The van der Waals surface area contributed by atoms with E-state index in [4.69, 9.17) is 5.48 Å². The summed E-state index contributed by atoms with van der Waals surface area (Å²) in [5.74, 6) is 0.357. The van der Waals surface area contributed by atoms with Crippen molar-refractivity contribution in [3.8, 4) is 23.0 Å². The molecule has 0 radical (unpaired) electrons. The van der Waals surface area contributed by atoms with Crippen molar-refractivity contribution in [3.05, 3.63) is 193 Å². The molecule has 4 N–H and O–H groups in total. The number of aromatic nitrogens is 4. The second kappa shape index (κ2) is 22.3. The monoisotopic (exact) mass is 986 g/mol. The second-order valence-corrected chi connectivity index (χ2v) is 15.5. The van der Waals surface area contributed by atoms with Gasteiger partial charge in [0.1, 0.15) is 11.5 Å². The van der Waals surface area contributed by atoms with Gasteiger partial charge in [0.2, 0.25) is 11.0 Å². The number of H-pyrrole nitrogens is 2. The van der Waals surface area contributed by atoms with Crippen LogP contribution < -0.4 is 20.2 Å². The molecule has 0 fully saturated rings.